The van der Waals surface area contributed by atoms with Gasteiger partial charge in [-0.05, 0) is 24.1 Å². The molecule has 0 aliphatic heterocycles. The summed E-state index contributed by atoms with van der Waals surface area (Å²) in [5.74, 6) is -1.74. The number of halogens is 1. The van der Waals surface area contributed by atoms with E-state index in [0.717, 1.165) is 19.3 Å². The van der Waals surface area contributed by atoms with Crippen LogP contribution in [0.2, 0.25) is 5.02 Å². The summed E-state index contributed by atoms with van der Waals surface area (Å²) < 4.78 is 10.6. The molecule has 0 radical (unpaired) electrons. The largest absolute Gasteiger partial charge is 0.496 e. The van der Waals surface area contributed by atoms with Crippen LogP contribution >= 0.6 is 11.6 Å². The van der Waals surface area contributed by atoms with E-state index in [-0.39, 0.29) is 10.6 Å². The Bertz CT molecular complexity index is 743. The van der Waals surface area contributed by atoms with Crippen molar-refractivity contribution in [3.05, 3.63) is 64.7 Å². The van der Waals surface area contributed by atoms with Crippen molar-refractivity contribution < 1.29 is 19.1 Å². The zero-order valence-electron chi connectivity index (χ0n) is 15.0. The number of benzene rings is 2. The Labute approximate surface area is 159 Å². The van der Waals surface area contributed by atoms with E-state index in [1.165, 1.54) is 7.11 Å². The monoisotopic (exact) mass is 374 g/mol. The van der Waals surface area contributed by atoms with Gasteiger partial charge in [0, 0.05) is 0 Å². The van der Waals surface area contributed by atoms with Crippen LogP contribution < -0.4 is 4.74 Å². The van der Waals surface area contributed by atoms with Crippen molar-refractivity contribution in [2.45, 2.75) is 32.1 Å². The highest BCUT2D eigenvalue weighted by molar-refractivity contribution is 6.35. The van der Waals surface area contributed by atoms with E-state index < -0.39 is 17.7 Å². The second-order valence-electron chi connectivity index (χ2n) is 5.90. The highest BCUT2D eigenvalue weighted by Crippen LogP contribution is 2.32. The van der Waals surface area contributed by atoms with E-state index in [2.05, 4.69) is 6.92 Å². The number of carbonyl (C=O) groups excluding carboxylic acids is 2. The molecular formula is C21H23ClO4. The van der Waals surface area contributed by atoms with Crippen LogP contribution in [0.25, 0.3) is 0 Å². The van der Waals surface area contributed by atoms with E-state index in [9.17, 15) is 9.59 Å². The Morgan fingerprint density at radius 1 is 1.04 bits per heavy atom. The molecule has 26 heavy (non-hydrogen) atoms. The first-order chi connectivity index (χ1) is 12.6. The Kier molecular flexibility index (Phi) is 7.67. The summed E-state index contributed by atoms with van der Waals surface area (Å²) in [5.41, 5.74) is 0.760. The minimum absolute atomic E-state index is 0.191. The van der Waals surface area contributed by atoms with Crippen molar-refractivity contribution in [2.75, 3.05) is 13.7 Å². The molecule has 0 N–H and O–H groups in total. The topological polar surface area (TPSA) is 52.6 Å². The van der Waals surface area contributed by atoms with Crippen LogP contribution in [0.15, 0.2) is 48.5 Å². The standard InChI is InChI=1S/C21H23ClO4/c1-3-4-8-14-26-21(24)18(15-10-6-5-7-11-15)20(23)19-16(22)12-9-13-17(19)25-2/h5-7,9-13,18H,3-4,8,14H2,1-2H3. The van der Waals surface area contributed by atoms with E-state index in [1.807, 2.05) is 6.07 Å². The number of rotatable bonds is 9. The fraction of sp³-hybridized carbons (Fsp3) is 0.333. The Morgan fingerprint density at radius 3 is 2.42 bits per heavy atom. The fourth-order valence-corrected chi connectivity index (χ4v) is 2.97. The quantitative estimate of drug-likeness (QED) is 0.267. The molecule has 0 heterocycles. The summed E-state index contributed by atoms with van der Waals surface area (Å²) in [5, 5.41) is 0.245. The molecule has 1 unspecified atom stereocenters. The molecule has 1 atom stereocenters. The number of hydrogen-bond donors (Lipinski definition) is 0. The minimum Gasteiger partial charge on any atom is -0.496 e. The summed E-state index contributed by atoms with van der Waals surface area (Å²) in [6.07, 6.45) is 2.76. The third kappa shape index (κ3) is 4.85. The van der Waals surface area contributed by atoms with Crippen LogP contribution in [0.4, 0.5) is 0 Å². The highest BCUT2D eigenvalue weighted by atomic mass is 35.5. The molecule has 0 aliphatic carbocycles. The van der Waals surface area contributed by atoms with E-state index in [1.54, 1.807) is 42.5 Å². The van der Waals surface area contributed by atoms with Crippen molar-refractivity contribution >= 4 is 23.4 Å². The molecule has 0 saturated carbocycles. The molecule has 0 saturated heterocycles. The first-order valence-electron chi connectivity index (χ1n) is 8.68. The van der Waals surface area contributed by atoms with Crippen LogP contribution in [0.1, 0.15) is 48.0 Å². The van der Waals surface area contributed by atoms with E-state index >= 15 is 0 Å². The third-order valence-corrected chi connectivity index (χ3v) is 4.38. The summed E-state index contributed by atoms with van der Waals surface area (Å²) >= 11 is 6.23. The summed E-state index contributed by atoms with van der Waals surface area (Å²) in [6, 6.07) is 13.8. The maximum atomic E-state index is 13.2. The lowest BCUT2D eigenvalue weighted by Crippen LogP contribution is -2.25. The molecule has 2 aromatic carbocycles. The van der Waals surface area contributed by atoms with Crippen molar-refractivity contribution in [3.63, 3.8) is 0 Å². The van der Waals surface area contributed by atoms with Gasteiger partial charge in [0.05, 0.1) is 24.3 Å². The van der Waals surface area contributed by atoms with Crippen molar-refractivity contribution in [3.8, 4) is 5.75 Å². The first-order valence-corrected chi connectivity index (χ1v) is 9.06. The van der Waals surface area contributed by atoms with Crippen LogP contribution in [0.3, 0.4) is 0 Å². The maximum Gasteiger partial charge on any atom is 0.321 e. The van der Waals surface area contributed by atoms with Gasteiger partial charge in [-0.25, -0.2) is 0 Å². The van der Waals surface area contributed by atoms with Gasteiger partial charge in [-0.2, -0.15) is 0 Å². The maximum absolute atomic E-state index is 13.2. The lowest BCUT2D eigenvalue weighted by Gasteiger charge is -2.18. The Balaban J connectivity index is 2.35. The number of Topliss-reactive ketones (excluding diaryl/α,β-unsaturated/α-hetero) is 1. The Hall–Kier alpha value is -2.33. The van der Waals surface area contributed by atoms with Crippen molar-refractivity contribution in [1.82, 2.24) is 0 Å². The highest BCUT2D eigenvalue weighted by Gasteiger charge is 2.33. The molecule has 0 aliphatic rings. The van der Waals surface area contributed by atoms with Gasteiger partial charge in [0.15, 0.2) is 5.78 Å². The van der Waals surface area contributed by atoms with Gasteiger partial charge in [0.1, 0.15) is 11.7 Å². The SMILES string of the molecule is CCCCCOC(=O)C(C(=O)c1c(Cl)cccc1OC)c1ccccc1. The number of unbranched alkanes of at least 4 members (excludes halogenated alkanes) is 2. The summed E-state index contributed by atoms with van der Waals surface area (Å²) in [6.45, 7) is 2.37. The number of ether oxygens (including phenoxy) is 2. The zero-order valence-corrected chi connectivity index (χ0v) is 15.8. The van der Waals surface area contributed by atoms with E-state index in [4.69, 9.17) is 21.1 Å². The molecule has 2 aromatic rings. The predicted molar refractivity (Wildman–Crippen MR) is 102 cm³/mol. The Morgan fingerprint density at radius 2 is 1.77 bits per heavy atom. The normalized spacial score (nSPS) is 11.7. The smallest absolute Gasteiger partial charge is 0.321 e. The molecule has 0 bridgehead atoms. The average molecular weight is 375 g/mol. The zero-order chi connectivity index (χ0) is 18.9. The predicted octanol–water partition coefficient (Wildman–Crippen LogP) is 5.05. The van der Waals surface area contributed by atoms with Crippen LogP contribution in [-0.2, 0) is 9.53 Å². The average Bonchev–Trinajstić information content (AvgIpc) is 2.66. The second kappa shape index (κ2) is 9.97. The molecule has 0 aromatic heterocycles. The molecule has 138 valence electrons. The molecular weight excluding hydrogens is 352 g/mol. The molecule has 4 nitrogen and oxygen atoms in total. The number of methoxy groups -OCH3 is 1. The van der Waals surface area contributed by atoms with Crippen molar-refractivity contribution in [2.24, 2.45) is 0 Å². The minimum atomic E-state index is -1.08. The van der Waals surface area contributed by atoms with Crippen LogP contribution in [-0.4, -0.2) is 25.5 Å². The number of carbonyl (C=O) groups is 2. The van der Waals surface area contributed by atoms with Crippen molar-refractivity contribution in [1.29, 1.82) is 0 Å². The van der Waals surface area contributed by atoms with Gasteiger partial charge in [0.2, 0.25) is 0 Å². The van der Waals surface area contributed by atoms with Crippen LogP contribution in [0.5, 0.6) is 5.75 Å². The lowest BCUT2D eigenvalue weighted by atomic mass is 9.90. The first kappa shape index (κ1) is 20.0. The van der Waals surface area contributed by atoms with Gasteiger partial charge >= 0.3 is 5.97 Å². The van der Waals surface area contributed by atoms with Gasteiger partial charge in [-0.3, -0.25) is 9.59 Å². The molecule has 5 heteroatoms. The van der Waals surface area contributed by atoms with E-state index in [0.29, 0.717) is 17.9 Å². The van der Waals surface area contributed by atoms with Gasteiger partial charge < -0.3 is 9.47 Å². The van der Waals surface area contributed by atoms with Gasteiger partial charge in [-0.15, -0.1) is 0 Å². The van der Waals surface area contributed by atoms with Gasteiger partial charge in [0.25, 0.3) is 0 Å². The second-order valence-corrected chi connectivity index (χ2v) is 6.31. The fourth-order valence-electron chi connectivity index (χ4n) is 2.71. The number of hydrogen-bond acceptors (Lipinski definition) is 4. The molecule has 0 fully saturated rings. The third-order valence-electron chi connectivity index (χ3n) is 4.06. The number of ketones is 1. The summed E-state index contributed by atoms with van der Waals surface area (Å²) in [4.78, 5) is 25.9. The summed E-state index contributed by atoms with van der Waals surface area (Å²) in [7, 11) is 1.46. The molecule has 0 spiro atoms. The molecule has 0 amide bonds. The number of esters is 1. The lowest BCUT2D eigenvalue weighted by molar-refractivity contribution is -0.144. The van der Waals surface area contributed by atoms with Crippen LogP contribution in [0, 0.1) is 0 Å². The molecule has 2 rings (SSSR count). The van der Waals surface area contributed by atoms with Gasteiger partial charge in [-0.1, -0.05) is 67.8 Å².